The Hall–Kier alpha value is -5.02. The fourth-order valence-corrected chi connectivity index (χ4v) is 8.64. The largest absolute Gasteiger partial charge is 0.382 e. The molecule has 268 valence electrons. The third-order valence-corrected chi connectivity index (χ3v) is 11.5. The lowest BCUT2D eigenvalue weighted by Crippen LogP contribution is -2.52. The Labute approximate surface area is 309 Å². The quantitative estimate of drug-likeness (QED) is 0.117. The predicted octanol–water partition coefficient (Wildman–Crippen LogP) is 5.01. The van der Waals surface area contributed by atoms with Gasteiger partial charge in [-0.2, -0.15) is 0 Å². The average Bonchev–Trinajstić information content (AvgIpc) is 3.44. The van der Waals surface area contributed by atoms with E-state index in [1.807, 2.05) is 54.7 Å². The van der Waals surface area contributed by atoms with Gasteiger partial charge in [0, 0.05) is 61.0 Å². The molecule has 1 aromatic heterocycles. The molecule has 5 atom stereocenters. The lowest BCUT2D eigenvalue weighted by Gasteiger charge is -2.28. The van der Waals surface area contributed by atoms with Crippen molar-refractivity contribution in [1.82, 2.24) is 25.4 Å². The van der Waals surface area contributed by atoms with E-state index in [0.717, 1.165) is 71.1 Å². The second-order valence-corrected chi connectivity index (χ2v) is 15.0. The number of carbonyl (C=O) groups is 2. The number of nitrogens with one attached hydrogen (secondary N) is 5. The first kappa shape index (κ1) is 34.1. The summed E-state index contributed by atoms with van der Waals surface area (Å²) in [6.45, 7) is 1.58. The maximum Gasteiger partial charge on any atom is 0.244 e. The lowest BCUT2D eigenvalue weighted by molar-refractivity contribution is -0.138. The van der Waals surface area contributed by atoms with Gasteiger partial charge in [0.15, 0.2) is 0 Å². The van der Waals surface area contributed by atoms with Crippen molar-refractivity contribution >= 4 is 47.2 Å². The molecule has 5 N–H and O–H groups in total. The molecule has 0 bridgehead atoms. The molecule has 3 fully saturated rings. The van der Waals surface area contributed by atoms with Crippen LogP contribution in [0.5, 0.6) is 0 Å². The van der Waals surface area contributed by atoms with Gasteiger partial charge in [0.05, 0.1) is 22.5 Å². The van der Waals surface area contributed by atoms with Gasteiger partial charge in [-0.15, -0.1) is 0 Å². The van der Waals surface area contributed by atoms with E-state index in [4.69, 9.17) is 17.0 Å². The number of anilines is 1. The molecule has 9 nitrogen and oxygen atoms in total. The molecule has 3 unspecified atom stereocenters. The first-order chi connectivity index (χ1) is 25.4. The lowest BCUT2D eigenvalue weighted by atomic mass is 10.1. The van der Waals surface area contributed by atoms with Crippen LogP contribution in [0, 0.1) is 11.3 Å². The Bertz CT molecular complexity index is 2050. The fourth-order valence-electron chi connectivity index (χ4n) is 8.30. The number of likely N-dealkylation sites (tertiary alicyclic amines) is 2. The van der Waals surface area contributed by atoms with Crippen LogP contribution >= 0.6 is 11.6 Å². The Morgan fingerprint density at radius 2 is 1.56 bits per heavy atom. The van der Waals surface area contributed by atoms with Crippen LogP contribution in [0.1, 0.15) is 49.7 Å². The van der Waals surface area contributed by atoms with E-state index in [1.165, 1.54) is 5.56 Å². The second kappa shape index (κ2) is 14.9. The van der Waals surface area contributed by atoms with E-state index >= 15 is 0 Å². The molecule has 1 aliphatic carbocycles. The summed E-state index contributed by atoms with van der Waals surface area (Å²) < 4.78 is 0. The number of amides is 2. The monoisotopic (exact) mass is 715 g/mol. The molecule has 10 heteroatoms. The van der Waals surface area contributed by atoms with Gasteiger partial charge < -0.3 is 30.7 Å². The number of halogens is 1. The summed E-state index contributed by atoms with van der Waals surface area (Å²) in [6.07, 6.45) is 10.1. The number of hydrogen-bond acceptors (Lipinski definition) is 5. The number of aromatic amines is 1. The van der Waals surface area contributed by atoms with Crippen LogP contribution in [0.25, 0.3) is 23.5 Å². The van der Waals surface area contributed by atoms with Crippen molar-refractivity contribution in [2.75, 3.05) is 18.4 Å². The van der Waals surface area contributed by atoms with Crippen LogP contribution in [0.2, 0.25) is 5.02 Å². The third-order valence-electron chi connectivity index (χ3n) is 11.1. The molecular formula is C42H46ClN7O2. The SMILES string of the molecule is N=C(Cc1ccccc1)N1CCC[C@H]1C1CC1Nc1ccc(-c2[nH]c3c(c2Cl)=CCC(NC(=O)[C@@H]2CCCN2C(=O)Cc2ccccc2)NC=3)cc1. The Kier molecular flexibility index (Phi) is 9.78. The Balaban J connectivity index is 0.858. The zero-order chi connectivity index (χ0) is 35.6. The molecule has 8 rings (SSSR count). The highest BCUT2D eigenvalue weighted by molar-refractivity contribution is 6.33. The number of fused-ring (bicyclic) bond motifs is 1. The highest BCUT2D eigenvalue weighted by Crippen LogP contribution is 2.43. The number of rotatable bonds is 10. The van der Waals surface area contributed by atoms with Gasteiger partial charge in [0.2, 0.25) is 11.8 Å². The highest BCUT2D eigenvalue weighted by atomic mass is 35.5. The number of aromatic nitrogens is 1. The van der Waals surface area contributed by atoms with Gasteiger partial charge in [-0.05, 0) is 60.9 Å². The van der Waals surface area contributed by atoms with Crippen LogP contribution in [-0.4, -0.2) is 69.8 Å². The number of benzene rings is 3. The van der Waals surface area contributed by atoms with Gasteiger partial charge in [-0.25, -0.2) is 0 Å². The minimum Gasteiger partial charge on any atom is -0.382 e. The summed E-state index contributed by atoms with van der Waals surface area (Å²) in [5.74, 6) is 1.14. The highest BCUT2D eigenvalue weighted by Gasteiger charge is 2.47. The molecule has 2 saturated heterocycles. The van der Waals surface area contributed by atoms with Crippen molar-refractivity contribution in [3.05, 3.63) is 112 Å². The molecule has 3 aromatic carbocycles. The molecule has 4 aliphatic rings. The van der Waals surface area contributed by atoms with Gasteiger partial charge in [-0.3, -0.25) is 15.0 Å². The van der Waals surface area contributed by atoms with E-state index in [0.29, 0.717) is 55.3 Å². The van der Waals surface area contributed by atoms with E-state index in [9.17, 15) is 9.59 Å². The number of carbonyl (C=O) groups excluding carboxylic acids is 2. The minimum atomic E-state index is -0.463. The van der Waals surface area contributed by atoms with Crippen molar-refractivity contribution < 1.29 is 9.59 Å². The zero-order valence-corrected chi connectivity index (χ0v) is 30.0. The van der Waals surface area contributed by atoms with Gasteiger partial charge in [-0.1, -0.05) is 90.5 Å². The van der Waals surface area contributed by atoms with E-state index in [1.54, 1.807) is 4.90 Å². The molecule has 4 heterocycles. The molecule has 2 amide bonds. The molecule has 52 heavy (non-hydrogen) atoms. The van der Waals surface area contributed by atoms with E-state index in [-0.39, 0.29) is 18.0 Å². The van der Waals surface area contributed by atoms with Crippen molar-refractivity contribution in [1.29, 1.82) is 5.41 Å². The Morgan fingerprint density at radius 1 is 0.865 bits per heavy atom. The summed E-state index contributed by atoms with van der Waals surface area (Å²) in [7, 11) is 0. The number of amidine groups is 1. The van der Waals surface area contributed by atoms with Crippen molar-refractivity contribution in [2.45, 2.75) is 75.7 Å². The molecule has 0 radical (unpaired) electrons. The second-order valence-electron chi connectivity index (χ2n) is 14.6. The van der Waals surface area contributed by atoms with Crippen molar-refractivity contribution in [2.24, 2.45) is 5.92 Å². The first-order valence-corrected chi connectivity index (χ1v) is 19.0. The summed E-state index contributed by atoms with van der Waals surface area (Å²) in [4.78, 5) is 34.0. The van der Waals surface area contributed by atoms with Gasteiger partial charge >= 0.3 is 0 Å². The van der Waals surface area contributed by atoms with E-state index < -0.39 is 6.04 Å². The third kappa shape index (κ3) is 7.33. The molecule has 1 saturated carbocycles. The predicted molar refractivity (Wildman–Crippen MR) is 207 cm³/mol. The summed E-state index contributed by atoms with van der Waals surface area (Å²) >= 11 is 6.96. The summed E-state index contributed by atoms with van der Waals surface area (Å²) in [6, 6.07) is 28.8. The van der Waals surface area contributed by atoms with Crippen molar-refractivity contribution in [3.8, 4) is 11.3 Å². The number of nitrogens with zero attached hydrogens (tertiary/aromatic N) is 2. The van der Waals surface area contributed by atoms with Gasteiger partial charge in [0.1, 0.15) is 18.0 Å². The van der Waals surface area contributed by atoms with Gasteiger partial charge in [0.25, 0.3) is 0 Å². The van der Waals surface area contributed by atoms with E-state index in [2.05, 4.69) is 68.3 Å². The standard InChI is InChI=1S/C42H46ClN7O2/c43-40-31-19-20-38(48-42(52)36-14-8-22-50(36)39(51)24-28-11-5-2-6-12-28)45-26-34(31)47-41(40)29-15-17-30(18-16-29)46-33-25-32(33)35-13-7-21-49(35)37(44)23-27-9-3-1-4-10-27/h1-6,9-12,15-19,26,32-33,35-36,38,44-47H,7-8,13-14,20-25H2,(H,48,52)/t32?,33?,35-,36-,38?/m0/s1. The van der Waals surface area contributed by atoms with Crippen LogP contribution < -0.4 is 26.5 Å². The average molecular weight is 716 g/mol. The molecule has 4 aromatic rings. The maximum atomic E-state index is 13.4. The fraction of sp³-hybridized carbons (Fsp3) is 0.357. The van der Waals surface area contributed by atoms with Crippen LogP contribution in [0.15, 0.2) is 84.9 Å². The number of hydrogen-bond donors (Lipinski definition) is 5. The molecular weight excluding hydrogens is 670 g/mol. The normalized spacial score (nSPS) is 23.4. The minimum absolute atomic E-state index is 0.0154. The zero-order valence-electron chi connectivity index (χ0n) is 29.3. The van der Waals surface area contributed by atoms with Crippen LogP contribution in [0.4, 0.5) is 5.69 Å². The Morgan fingerprint density at radius 3 is 2.31 bits per heavy atom. The first-order valence-electron chi connectivity index (χ1n) is 18.6. The maximum absolute atomic E-state index is 13.4. The summed E-state index contributed by atoms with van der Waals surface area (Å²) in [5, 5.41) is 21.4. The topological polar surface area (TPSA) is 116 Å². The summed E-state index contributed by atoms with van der Waals surface area (Å²) in [5.41, 5.74) is 5.10. The smallest absolute Gasteiger partial charge is 0.244 e. The van der Waals surface area contributed by atoms with Crippen molar-refractivity contribution in [3.63, 3.8) is 0 Å². The van der Waals surface area contributed by atoms with Crippen LogP contribution in [0.3, 0.4) is 0 Å². The van der Waals surface area contributed by atoms with Crippen LogP contribution in [-0.2, 0) is 22.4 Å². The number of H-pyrrole nitrogens is 1. The molecule has 0 spiro atoms. The molecule has 3 aliphatic heterocycles.